The lowest BCUT2D eigenvalue weighted by Crippen LogP contribution is -2.14. The molecule has 0 saturated carbocycles. The molecule has 0 unspecified atom stereocenters. The lowest BCUT2D eigenvalue weighted by atomic mass is 10.1. The Bertz CT molecular complexity index is 1260. The summed E-state index contributed by atoms with van der Waals surface area (Å²) in [7, 11) is 0. The average Bonchev–Trinajstić information content (AvgIpc) is 2.80. The summed E-state index contributed by atoms with van der Waals surface area (Å²) in [6.45, 7) is 6.58. The maximum atomic E-state index is 12.8. The van der Waals surface area contributed by atoms with Gasteiger partial charge in [0.25, 0.3) is 5.91 Å². The number of carbonyl (C=O) groups is 1. The number of nitrogens with one attached hydrogen (secondary N) is 1. The Hall–Kier alpha value is -3.02. The average molecular weight is 587 g/mol. The Balaban J connectivity index is 1.85. The van der Waals surface area contributed by atoms with Gasteiger partial charge < -0.3 is 14.8 Å². The molecule has 0 aliphatic rings. The molecule has 0 heterocycles. The third-order valence-corrected chi connectivity index (χ3v) is 5.99. The molecular formula is C27H24ClIN2O3. The van der Waals surface area contributed by atoms with Gasteiger partial charge in [0.05, 0.1) is 10.2 Å². The lowest BCUT2D eigenvalue weighted by Gasteiger charge is -2.15. The fourth-order valence-corrected chi connectivity index (χ4v) is 4.18. The molecule has 0 radical (unpaired) electrons. The first-order valence-electron chi connectivity index (χ1n) is 10.6. The number of nitrogens with zero attached hydrogens (tertiary/aromatic N) is 1. The van der Waals surface area contributed by atoms with Gasteiger partial charge in [0.15, 0.2) is 11.5 Å². The zero-order valence-corrected chi connectivity index (χ0v) is 22.0. The summed E-state index contributed by atoms with van der Waals surface area (Å²) in [6, 6.07) is 18.8. The van der Waals surface area contributed by atoms with Crippen LogP contribution in [0.1, 0.15) is 29.2 Å². The van der Waals surface area contributed by atoms with Crippen LogP contribution in [0.25, 0.3) is 6.08 Å². The summed E-state index contributed by atoms with van der Waals surface area (Å²) >= 11 is 8.12. The van der Waals surface area contributed by atoms with E-state index in [-0.39, 0.29) is 5.57 Å². The number of anilines is 1. The van der Waals surface area contributed by atoms with E-state index in [1.54, 1.807) is 12.1 Å². The summed E-state index contributed by atoms with van der Waals surface area (Å²) in [6.07, 6.45) is 1.55. The molecule has 5 nitrogen and oxygen atoms in total. The van der Waals surface area contributed by atoms with Crippen molar-refractivity contribution < 1.29 is 14.3 Å². The van der Waals surface area contributed by atoms with E-state index < -0.39 is 5.91 Å². The summed E-state index contributed by atoms with van der Waals surface area (Å²) in [4.78, 5) is 12.8. The van der Waals surface area contributed by atoms with Crippen molar-refractivity contribution in [2.45, 2.75) is 27.4 Å². The molecule has 3 rings (SSSR count). The van der Waals surface area contributed by atoms with Crippen LogP contribution < -0.4 is 14.8 Å². The minimum atomic E-state index is -0.467. The van der Waals surface area contributed by atoms with Crippen molar-refractivity contribution in [2.24, 2.45) is 0 Å². The Morgan fingerprint density at radius 1 is 1.12 bits per heavy atom. The number of hydrogen-bond donors (Lipinski definition) is 1. The summed E-state index contributed by atoms with van der Waals surface area (Å²) in [5.41, 5.74) is 4.34. The fourth-order valence-electron chi connectivity index (χ4n) is 3.27. The van der Waals surface area contributed by atoms with E-state index in [0.717, 1.165) is 20.3 Å². The van der Waals surface area contributed by atoms with Gasteiger partial charge in [0.2, 0.25) is 0 Å². The molecule has 1 N–H and O–H groups in total. The van der Waals surface area contributed by atoms with Crippen LogP contribution in [0.15, 0.2) is 60.2 Å². The van der Waals surface area contributed by atoms with E-state index in [4.69, 9.17) is 21.1 Å². The number of hydrogen-bond acceptors (Lipinski definition) is 4. The number of halogens is 2. The number of ether oxygens (including phenoxy) is 2. The van der Waals surface area contributed by atoms with Crippen LogP contribution in [-0.2, 0) is 11.4 Å². The van der Waals surface area contributed by atoms with Crippen molar-refractivity contribution in [3.63, 3.8) is 0 Å². The van der Waals surface area contributed by atoms with E-state index >= 15 is 0 Å². The number of amides is 1. The van der Waals surface area contributed by atoms with Gasteiger partial charge in [-0.25, -0.2) is 0 Å². The molecular weight excluding hydrogens is 563 g/mol. The molecule has 174 valence electrons. The molecule has 0 spiro atoms. The molecule has 0 saturated heterocycles. The molecule has 0 aliphatic heterocycles. The second-order valence-corrected chi connectivity index (χ2v) is 9.22. The molecule has 3 aromatic rings. The molecule has 3 aromatic carbocycles. The van der Waals surface area contributed by atoms with Gasteiger partial charge in [0.1, 0.15) is 18.2 Å². The Morgan fingerprint density at radius 2 is 1.85 bits per heavy atom. The molecule has 0 atom stereocenters. The standard InChI is InChI=1S/C27H24ClIN2O3/c1-4-33-25-14-20(13-23(29)26(25)34-16-19-6-8-22(28)9-7-19)12-21(15-30)27(32)31-24-10-5-17(2)11-18(24)3/h5-14H,4,16H2,1-3H3,(H,31,32)/b21-12-. The molecule has 1 amide bonds. The van der Waals surface area contributed by atoms with E-state index in [2.05, 4.69) is 27.9 Å². The molecule has 0 aromatic heterocycles. The Labute approximate surface area is 218 Å². The molecule has 0 aliphatic carbocycles. The van der Waals surface area contributed by atoms with Crippen molar-refractivity contribution in [2.75, 3.05) is 11.9 Å². The first-order valence-corrected chi connectivity index (χ1v) is 12.1. The van der Waals surface area contributed by atoms with Crippen molar-refractivity contribution >= 4 is 51.9 Å². The quantitative estimate of drug-likeness (QED) is 0.174. The number of carbonyl (C=O) groups excluding carboxylic acids is 1. The second kappa shape index (κ2) is 11.9. The van der Waals surface area contributed by atoms with Crippen LogP contribution in [0.3, 0.4) is 0 Å². The number of benzene rings is 3. The van der Waals surface area contributed by atoms with Gasteiger partial charge in [0, 0.05) is 10.7 Å². The van der Waals surface area contributed by atoms with E-state index in [1.807, 2.05) is 75.4 Å². The van der Waals surface area contributed by atoms with Gasteiger partial charge in [-0.05, 0) is 96.5 Å². The van der Waals surface area contributed by atoms with Crippen molar-refractivity contribution in [3.05, 3.63) is 91.0 Å². The highest BCUT2D eigenvalue weighted by Crippen LogP contribution is 2.35. The molecule has 7 heteroatoms. The number of aryl methyl sites for hydroxylation is 2. The smallest absolute Gasteiger partial charge is 0.266 e. The fraction of sp³-hybridized carbons (Fsp3) is 0.185. The van der Waals surface area contributed by atoms with Crippen LogP contribution in [0.2, 0.25) is 5.02 Å². The van der Waals surface area contributed by atoms with Crippen LogP contribution in [0, 0.1) is 28.7 Å². The first-order chi connectivity index (χ1) is 16.3. The number of nitriles is 1. The van der Waals surface area contributed by atoms with Gasteiger partial charge in [-0.1, -0.05) is 41.4 Å². The second-order valence-electron chi connectivity index (χ2n) is 7.62. The van der Waals surface area contributed by atoms with Gasteiger partial charge in [-0.15, -0.1) is 0 Å². The van der Waals surface area contributed by atoms with Crippen LogP contribution in [0.4, 0.5) is 5.69 Å². The summed E-state index contributed by atoms with van der Waals surface area (Å²) in [5.74, 6) is 0.681. The third-order valence-electron chi connectivity index (χ3n) is 4.93. The minimum absolute atomic E-state index is 0.00643. The lowest BCUT2D eigenvalue weighted by molar-refractivity contribution is -0.112. The number of rotatable bonds is 8. The predicted molar refractivity (Wildman–Crippen MR) is 144 cm³/mol. The first kappa shape index (κ1) is 25.6. The van der Waals surface area contributed by atoms with E-state index in [1.165, 1.54) is 0 Å². The monoisotopic (exact) mass is 586 g/mol. The van der Waals surface area contributed by atoms with Crippen molar-refractivity contribution in [1.29, 1.82) is 5.26 Å². The highest BCUT2D eigenvalue weighted by atomic mass is 127. The van der Waals surface area contributed by atoms with Crippen molar-refractivity contribution in [3.8, 4) is 17.6 Å². The Kier molecular flexibility index (Phi) is 8.97. The SMILES string of the molecule is CCOc1cc(/C=C(/C#N)C(=O)Nc2ccc(C)cc2C)cc(I)c1OCc1ccc(Cl)cc1. The predicted octanol–water partition coefficient (Wildman–Crippen LogP) is 7.08. The topological polar surface area (TPSA) is 71.3 Å². The van der Waals surface area contributed by atoms with Gasteiger partial charge in [-0.2, -0.15) is 5.26 Å². The van der Waals surface area contributed by atoms with Crippen LogP contribution >= 0.6 is 34.2 Å². The van der Waals surface area contributed by atoms with Crippen LogP contribution in [-0.4, -0.2) is 12.5 Å². The highest BCUT2D eigenvalue weighted by Gasteiger charge is 2.15. The minimum Gasteiger partial charge on any atom is -0.490 e. The largest absolute Gasteiger partial charge is 0.490 e. The molecule has 34 heavy (non-hydrogen) atoms. The maximum Gasteiger partial charge on any atom is 0.266 e. The Morgan fingerprint density at radius 3 is 2.50 bits per heavy atom. The molecule has 0 fully saturated rings. The third kappa shape index (κ3) is 6.75. The zero-order chi connectivity index (χ0) is 24.7. The van der Waals surface area contributed by atoms with Crippen molar-refractivity contribution in [1.82, 2.24) is 0 Å². The zero-order valence-electron chi connectivity index (χ0n) is 19.1. The molecule has 0 bridgehead atoms. The van der Waals surface area contributed by atoms with Gasteiger partial charge >= 0.3 is 0 Å². The van der Waals surface area contributed by atoms with Gasteiger partial charge in [-0.3, -0.25) is 4.79 Å². The van der Waals surface area contributed by atoms with Crippen LogP contribution in [0.5, 0.6) is 11.5 Å². The summed E-state index contributed by atoms with van der Waals surface area (Å²) in [5, 5.41) is 13.1. The normalized spacial score (nSPS) is 11.0. The van der Waals surface area contributed by atoms with E-state index in [9.17, 15) is 10.1 Å². The van der Waals surface area contributed by atoms with E-state index in [0.29, 0.717) is 41.0 Å². The summed E-state index contributed by atoms with van der Waals surface area (Å²) < 4.78 is 12.6. The highest BCUT2D eigenvalue weighted by molar-refractivity contribution is 14.1. The maximum absolute atomic E-state index is 12.8.